The fourth-order valence-electron chi connectivity index (χ4n) is 3.70. The largest absolute Gasteiger partial charge is 0.477 e. The minimum absolute atomic E-state index is 0.0202. The average molecular weight is 639 g/mol. The molecular weight excluding hydrogens is 616 g/mol. The lowest BCUT2D eigenvalue weighted by molar-refractivity contribution is -0.150. The Morgan fingerprint density at radius 2 is 2.14 bits per heavy atom. The number of carbonyl (C=O) groups excluding carboxylic acids is 2. The van der Waals surface area contributed by atoms with Gasteiger partial charge in [0.25, 0.3) is 11.8 Å². The first-order valence-electron chi connectivity index (χ1n) is 11.6. The number of nitrogens with zero attached hydrogens (tertiary/aromatic N) is 8. The summed E-state index contributed by atoms with van der Waals surface area (Å²) < 4.78 is 1.17. The van der Waals surface area contributed by atoms with Crippen molar-refractivity contribution in [2.24, 2.45) is 10.3 Å². The number of nitrogen functional groups attached to an aromatic ring is 1. The van der Waals surface area contributed by atoms with Crippen molar-refractivity contribution in [2.45, 2.75) is 23.1 Å². The number of carbonyl (C=O) groups is 4. The Morgan fingerprint density at radius 1 is 1.36 bits per heavy atom. The van der Waals surface area contributed by atoms with Gasteiger partial charge in [-0.25, -0.2) is 19.3 Å². The molecule has 42 heavy (non-hydrogen) atoms. The minimum atomic E-state index is -1.33. The number of nitrogens with two attached hydrogens (primary N) is 1. The maximum atomic E-state index is 13.1. The highest BCUT2D eigenvalue weighted by atomic mass is 32.2. The SMILES string of the molecule is C=CCO/N=C(/C(=O)NC1C(=O)N2C(C(=O)O)=C(CSc3nnnn3C/C(=N/OC)C(=O)O)CSC12)c1csc(N)n1. The summed E-state index contributed by atoms with van der Waals surface area (Å²) in [5.74, 6) is -3.74. The summed E-state index contributed by atoms with van der Waals surface area (Å²) in [6.45, 7) is 3.23. The van der Waals surface area contributed by atoms with Gasteiger partial charge in [-0.15, -0.1) is 28.2 Å². The fourth-order valence-corrected chi connectivity index (χ4v) is 6.61. The van der Waals surface area contributed by atoms with Gasteiger partial charge >= 0.3 is 11.9 Å². The number of aliphatic carboxylic acids is 2. The molecule has 2 amide bonds. The Balaban J connectivity index is 1.47. The Labute approximate surface area is 248 Å². The molecule has 5 N–H and O–H groups in total. The zero-order valence-corrected chi connectivity index (χ0v) is 24.0. The van der Waals surface area contributed by atoms with Crippen LogP contribution in [0.1, 0.15) is 5.69 Å². The molecule has 1 fully saturated rings. The molecule has 2 atom stereocenters. The van der Waals surface area contributed by atoms with E-state index in [4.69, 9.17) is 10.6 Å². The van der Waals surface area contributed by atoms with Crippen LogP contribution in [0.3, 0.4) is 0 Å². The highest BCUT2D eigenvalue weighted by Gasteiger charge is 2.54. The van der Waals surface area contributed by atoms with E-state index in [-0.39, 0.29) is 57.8 Å². The van der Waals surface area contributed by atoms with E-state index in [1.165, 1.54) is 35.0 Å². The summed E-state index contributed by atoms with van der Waals surface area (Å²) in [6, 6.07) is -1.03. The van der Waals surface area contributed by atoms with Crippen molar-refractivity contribution in [1.82, 2.24) is 35.4 Å². The van der Waals surface area contributed by atoms with Gasteiger partial charge in [-0.3, -0.25) is 14.5 Å². The van der Waals surface area contributed by atoms with Crippen LogP contribution in [-0.4, -0.2) is 112 Å². The van der Waals surface area contributed by atoms with Crippen LogP contribution >= 0.6 is 34.9 Å². The number of thiazole rings is 1. The van der Waals surface area contributed by atoms with Crippen LogP contribution in [0.25, 0.3) is 0 Å². The maximum Gasteiger partial charge on any atom is 0.355 e. The third-order valence-electron chi connectivity index (χ3n) is 5.49. The first kappa shape index (κ1) is 30.5. The van der Waals surface area contributed by atoms with E-state index in [1.807, 2.05) is 0 Å². The highest BCUT2D eigenvalue weighted by Crippen LogP contribution is 2.41. The molecule has 2 unspecified atom stereocenters. The number of β-lactam (4-membered cyclic amide) rings is 1. The van der Waals surface area contributed by atoms with E-state index in [2.05, 4.69) is 47.6 Å². The number of hydrogen-bond acceptors (Lipinski definition) is 16. The Kier molecular flexibility index (Phi) is 9.75. The first-order chi connectivity index (χ1) is 20.2. The number of nitrogens with one attached hydrogen (secondary N) is 1. The Hall–Kier alpha value is -4.50. The lowest BCUT2D eigenvalue weighted by Crippen LogP contribution is -2.71. The molecule has 2 aromatic heterocycles. The quantitative estimate of drug-likeness (QED) is 0.0495. The lowest BCUT2D eigenvalue weighted by Gasteiger charge is -2.49. The maximum absolute atomic E-state index is 13.1. The van der Waals surface area contributed by atoms with Gasteiger partial charge < -0.3 is 30.9 Å². The second-order valence-electron chi connectivity index (χ2n) is 8.15. The zero-order chi connectivity index (χ0) is 30.4. The highest BCUT2D eigenvalue weighted by molar-refractivity contribution is 8.01. The molecular formula is C21H22N10O8S3. The van der Waals surface area contributed by atoms with E-state index >= 15 is 0 Å². The third kappa shape index (κ3) is 6.52. The molecule has 2 aliphatic heterocycles. The molecule has 0 saturated carbocycles. The second kappa shape index (κ2) is 13.4. The number of fused-ring (bicyclic) bond motifs is 1. The number of tetrazole rings is 1. The number of hydrogen-bond donors (Lipinski definition) is 4. The fraction of sp³-hybridized carbons (Fsp3) is 0.333. The van der Waals surface area contributed by atoms with Crippen LogP contribution in [0.4, 0.5) is 5.13 Å². The van der Waals surface area contributed by atoms with E-state index in [0.717, 1.165) is 28.0 Å². The van der Waals surface area contributed by atoms with Crippen LogP contribution in [0.5, 0.6) is 0 Å². The number of carboxylic acid groups (broad SMARTS) is 2. The third-order valence-corrected chi connectivity index (χ3v) is 8.54. The van der Waals surface area contributed by atoms with Gasteiger partial charge in [0.2, 0.25) is 5.16 Å². The Bertz CT molecular complexity index is 1500. The smallest absolute Gasteiger partial charge is 0.355 e. The molecule has 2 aromatic rings. The predicted octanol–water partition coefficient (Wildman–Crippen LogP) is -0.764. The van der Waals surface area contributed by atoms with Gasteiger partial charge in [0.1, 0.15) is 36.5 Å². The minimum Gasteiger partial charge on any atom is -0.477 e. The van der Waals surface area contributed by atoms with Gasteiger partial charge in [0.05, 0.1) is 6.54 Å². The molecule has 18 nitrogen and oxygen atoms in total. The van der Waals surface area contributed by atoms with Crippen molar-refractivity contribution in [3.05, 3.63) is 35.0 Å². The molecule has 2 aliphatic rings. The summed E-state index contributed by atoms with van der Waals surface area (Å²) in [4.78, 5) is 64.5. The van der Waals surface area contributed by atoms with Crippen molar-refractivity contribution in [1.29, 1.82) is 0 Å². The molecule has 0 radical (unpaired) electrons. The van der Waals surface area contributed by atoms with E-state index in [0.29, 0.717) is 5.57 Å². The van der Waals surface area contributed by atoms with Crippen molar-refractivity contribution >= 4 is 75.2 Å². The summed E-state index contributed by atoms with van der Waals surface area (Å²) in [5, 5.41) is 41.4. The average Bonchev–Trinajstić information content (AvgIpc) is 3.60. The number of carboxylic acids is 2. The molecule has 21 heteroatoms. The zero-order valence-electron chi connectivity index (χ0n) is 21.6. The summed E-state index contributed by atoms with van der Waals surface area (Å²) >= 11 is 3.39. The van der Waals surface area contributed by atoms with Gasteiger partial charge in [0.15, 0.2) is 16.6 Å². The summed E-state index contributed by atoms with van der Waals surface area (Å²) in [6.07, 6.45) is 1.43. The van der Waals surface area contributed by atoms with E-state index in [9.17, 15) is 29.4 Å². The molecule has 1 saturated heterocycles. The van der Waals surface area contributed by atoms with Gasteiger partial charge in [0, 0.05) is 16.9 Å². The van der Waals surface area contributed by atoms with Gasteiger partial charge in [-0.1, -0.05) is 34.7 Å². The van der Waals surface area contributed by atoms with Crippen LogP contribution in [-0.2, 0) is 35.4 Å². The van der Waals surface area contributed by atoms with Crippen molar-refractivity contribution < 1.29 is 39.1 Å². The molecule has 4 heterocycles. The van der Waals surface area contributed by atoms with Crippen LogP contribution < -0.4 is 11.1 Å². The molecule has 222 valence electrons. The lowest BCUT2D eigenvalue weighted by atomic mass is 10.0. The standard InChI is InChI=1S/C21H22N10O8S3/c1-3-4-39-27-12(11-8-41-20(22)23-11)15(32)24-13-16(33)31-14(19(36)37)9(6-40-17(13)31)7-42-21-25-28-29-30(21)5-10(18(34)35)26-38-2/h3,8,13,17H,1,4-7H2,2H3,(H2,22,23)(H,24,32)(H,34,35)(H,36,37)/b26-10-,27-12+. The number of thioether (sulfide) groups is 2. The number of oxime groups is 2. The van der Waals surface area contributed by atoms with Crippen molar-refractivity contribution in [3.63, 3.8) is 0 Å². The summed E-state index contributed by atoms with van der Waals surface area (Å²) in [7, 11) is 1.20. The molecule has 0 aromatic carbocycles. The van der Waals surface area contributed by atoms with Crippen LogP contribution in [0, 0.1) is 0 Å². The Morgan fingerprint density at radius 3 is 2.79 bits per heavy atom. The van der Waals surface area contributed by atoms with E-state index < -0.39 is 35.2 Å². The van der Waals surface area contributed by atoms with E-state index in [1.54, 1.807) is 0 Å². The normalized spacial score (nSPS) is 18.7. The number of anilines is 1. The summed E-state index contributed by atoms with van der Waals surface area (Å²) in [5.41, 5.74) is 5.45. The number of rotatable bonds is 14. The van der Waals surface area contributed by atoms with Crippen molar-refractivity contribution in [3.8, 4) is 0 Å². The molecule has 0 bridgehead atoms. The predicted molar refractivity (Wildman–Crippen MR) is 150 cm³/mol. The van der Waals surface area contributed by atoms with Crippen LogP contribution in [0.15, 0.2) is 44.8 Å². The topological polar surface area (TPSA) is 250 Å². The van der Waals surface area contributed by atoms with Gasteiger partial charge in [-0.2, -0.15) is 0 Å². The number of amides is 2. The molecule has 4 rings (SSSR count). The van der Waals surface area contributed by atoms with Gasteiger partial charge in [-0.05, 0) is 16.0 Å². The monoisotopic (exact) mass is 638 g/mol. The first-order valence-corrected chi connectivity index (χ1v) is 14.5. The van der Waals surface area contributed by atoms with Crippen molar-refractivity contribution in [2.75, 3.05) is 31.0 Å². The molecule has 0 aliphatic carbocycles. The second-order valence-corrected chi connectivity index (χ2v) is 11.1. The molecule has 0 spiro atoms. The van der Waals surface area contributed by atoms with Crippen LogP contribution in [0.2, 0.25) is 0 Å². The number of aromatic nitrogens is 5.